The van der Waals surface area contributed by atoms with Gasteiger partial charge in [0, 0.05) is 17.0 Å². The highest BCUT2D eigenvalue weighted by atomic mass is 19.2. The van der Waals surface area contributed by atoms with Crippen molar-refractivity contribution in [3.05, 3.63) is 51.4 Å². The van der Waals surface area contributed by atoms with E-state index >= 15 is 0 Å². The topological polar surface area (TPSA) is 120 Å². The van der Waals surface area contributed by atoms with Crippen LogP contribution in [0.15, 0.2) is 17.2 Å². The standard InChI is InChI=1S/C11H4F4N4O4/c12-6-5(7(13)9(15)10(8(6)14)17-18-16)11(22)23-19-3(20)1-2-4(19)21/h1-2,20-21H. The van der Waals surface area contributed by atoms with Gasteiger partial charge in [0.25, 0.3) is 0 Å². The molecule has 8 nitrogen and oxygen atoms in total. The van der Waals surface area contributed by atoms with Crippen LogP contribution >= 0.6 is 0 Å². The molecule has 0 aliphatic rings. The van der Waals surface area contributed by atoms with Crippen LogP contribution < -0.4 is 4.84 Å². The molecule has 1 aromatic carbocycles. The molecule has 0 atom stereocenters. The van der Waals surface area contributed by atoms with Crippen molar-refractivity contribution < 1.29 is 37.4 Å². The van der Waals surface area contributed by atoms with Gasteiger partial charge in [-0.05, 0) is 5.53 Å². The van der Waals surface area contributed by atoms with Crippen LogP contribution in [-0.2, 0) is 0 Å². The van der Waals surface area contributed by atoms with Crippen molar-refractivity contribution >= 4 is 11.7 Å². The minimum Gasteiger partial charge on any atom is -0.492 e. The number of hydrogen-bond donors (Lipinski definition) is 2. The van der Waals surface area contributed by atoms with Gasteiger partial charge in [0.05, 0.1) is 0 Å². The highest BCUT2D eigenvalue weighted by molar-refractivity contribution is 5.91. The molecule has 0 spiro atoms. The zero-order valence-corrected chi connectivity index (χ0v) is 10.7. The maximum Gasteiger partial charge on any atom is 0.370 e. The molecule has 0 aliphatic carbocycles. The maximum atomic E-state index is 13.7. The second kappa shape index (κ2) is 5.77. The molecular formula is C11H4F4N4O4. The average molecular weight is 332 g/mol. The summed E-state index contributed by atoms with van der Waals surface area (Å²) in [7, 11) is 0. The second-order valence-corrected chi connectivity index (χ2v) is 3.89. The van der Waals surface area contributed by atoms with Gasteiger partial charge in [0.15, 0.2) is 23.3 Å². The summed E-state index contributed by atoms with van der Waals surface area (Å²) in [5.74, 6) is -12.2. The van der Waals surface area contributed by atoms with Crippen LogP contribution in [0.1, 0.15) is 10.4 Å². The molecule has 0 aliphatic heterocycles. The van der Waals surface area contributed by atoms with E-state index in [0.717, 1.165) is 12.1 Å². The van der Waals surface area contributed by atoms with Crippen molar-refractivity contribution in [1.82, 2.24) is 4.73 Å². The number of halogens is 4. The van der Waals surface area contributed by atoms with E-state index in [0.29, 0.717) is 0 Å². The molecule has 0 amide bonds. The van der Waals surface area contributed by atoms with Gasteiger partial charge in [0.1, 0.15) is 11.3 Å². The largest absolute Gasteiger partial charge is 0.492 e. The Labute approximate surface area is 123 Å². The number of rotatable bonds is 3. The number of benzene rings is 1. The Hall–Kier alpha value is -3.40. The first-order valence-corrected chi connectivity index (χ1v) is 5.53. The zero-order chi connectivity index (χ0) is 17.3. The van der Waals surface area contributed by atoms with Crippen molar-refractivity contribution in [2.45, 2.75) is 0 Å². The smallest absolute Gasteiger partial charge is 0.370 e. The maximum absolute atomic E-state index is 13.7. The van der Waals surface area contributed by atoms with Gasteiger partial charge in [0.2, 0.25) is 11.8 Å². The molecule has 2 aromatic rings. The molecule has 12 heteroatoms. The first-order valence-electron chi connectivity index (χ1n) is 5.53. The van der Waals surface area contributed by atoms with Crippen molar-refractivity contribution in [3.63, 3.8) is 0 Å². The van der Waals surface area contributed by atoms with E-state index in [1.165, 1.54) is 0 Å². The summed E-state index contributed by atoms with van der Waals surface area (Å²) < 4.78 is 54.5. The zero-order valence-electron chi connectivity index (χ0n) is 10.7. The van der Waals surface area contributed by atoms with E-state index in [-0.39, 0.29) is 4.73 Å². The van der Waals surface area contributed by atoms with Gasteiger partial charge >= 0.3 is 5.97 Å². The Morgan fingerprint density at radius 3 is 2.00 bits per heavy atom. The van der Waals surface area contributed by atoms with Crippen LogP contribution in [0.25, 0.3) is 10.4 Å². The third-order valence-corrected chi connectivity index (χ3v) is 2.56. The molecule has 0 saturated heterocycles. The lowest BCUT2D eigenvalue weighted by Crippen LogP contribution is -2.23. The predicted molar refractivity (Wildman–Crippen MR) is 63.8 cm³/mol. The number of carbonyl (C=O) groups is 1. The minimum absolute atomic E-state index is 0.0539. The van der Waals surface area contributed by atoms with E-state index in [1.807, 2.05) is 4.91 Å². The van der Waals surface area contributed by atoms with E-state index in [4.69, 9.17) is 5.53 Å². The summed E-state index contributed by atoms with van der Waals surface area (Å²) >= 11 is 0. The molecule has 1 aromatic heterocycles. The Morgan fingerprint density at radius 1 is 1.09 bits per heavy atom. The van der Waals surface area contributed by atoms with Crippen LogP contribution in [0.3, 0.4) is 0 Å². The first kappa shape index (κ1) is 16.0. The third kappa shape index (κ3) is 2.58. The average Bonchev–Trinajstić information content (AvgIpc) is 2.82. The highest BCUT2D eigenvalue weighted by Gasteiger charge is 2.31. The molecule has 0 bridgehead atoms. The quantitative estimate of drug-likeness (QED) is 0.295. The van der Waals surface area contributed by atoms with Gasteiger partial charge in [-0.3, -0.25) is 0 Å². The van der Waals surface area contributed by atoms with Gasteiger partial charge in [-0.2, -0.15) is 0 Å². The number of hydrogen-bond acceptors (Lipinski definition) is 5. The summed E-state index contributed by atoms with van der Waals surface area (Å²) in [6.07, 6.45) is 0. The summed E-state index contributed by atoms with van der Waals surface area (Å²) in [5, 5.41) is 20.9. The molecule has 120 valence electrons. The number of aromatic nitrogens is 1. The lowest BCUT2D eigenvalue weighted by atomic mass is 10.1. The number of azide groups is 1. The number of nitrogens with zero attached hydrogens (tertiary/aromatic N) is 4. The molecule has 2 N–H and O–H groups in total. The van der Waals surface area contributed by atoms with Gasteiger partial charge in [-0.25, -0.2) is 22.4 Å². The fraction of sp³-hybridized carbons (Fsp3) is 0. The van der Waals surface area contributed by atoms with E-state index in [9.17, 15) is 32.6 Å². The second-order valence-electron chi connectivity index (χ2n) is 3.89. The number of carbonyl (C=O) groups excluding carboxylic acids is 1. The molecular weight excluding hydrogens is 328 g/mol. The van der Waals surface area contributed by atoms with Crippen molar-refractivity contribution in [1.29, 1.82) is 0 Å². The molecule has 0 unspecified atom stereocenters. The van der Waals surface area contributed by atoms with Gasteiger partial charge < -0.3 is 15.1 Å². The molecule has 23 heavy (non-hydrogen) atoms. The molecule has 0 saturated carbocycles. The lowest BCUT2D eigenvalue weighted by Gasteiger charge is -2.10. The number of aromatic hydroxyl groups is 2. The predicted octanol–water partition coefficient (Wildman–Crippen LogP) is 2.67. The lowest BCUT2D eigenvalue weighted by molar-refractivity contribution is 0.0368. The Kier molecular flexibility index (Phi) is 4.01. The van der Waals surface area contributed by atoms with Crippen LogP contribution in [-0.4, -0.2) is 20.9 Å². The first-order chi connectivity index (χ1) is 10.8. The monoisotopic (exact) mass is 332 g/mol. The Morgan fingerprint density at radius 2 is 1.57 bits per heavy atom. The fourth-order valence-electron chi connectivity index (χ4n) is 1.56. The summed E-state index contributed by atoms with van der Waals surface area (Å²) in [6, 6.07) is 1.72. The van der Waals surface area contributed by atoms with E-state index in [2.05, 4.69) is 9.95 Å². The highest BCUT2D eigenvalue weighted by Crippen LogP contribution is 2.31. The van der Waals surface area contributed by atoms with Gasteiger partial charge in [-0.15, -0.1) is 4.73 Å². The summed E-state index contributed by atoms with van der Waals surface area (Å²) in [6.45, 7) is 0. The molecule has 2 rings (SSSR count). The molecule has 0 fully saturated rings. The van der Waals surface area contributed by atoms with Crippen LogP contribution in [0.5, 0.6) is 11.8 Å². The Bertz CT molecular complexity index is 812. The van der Waals surface area contributed by atoms with Crippen LogP contribution in [0.4, 0.5) is 23.2 Å². The third-order valence-electron chi connectivity index (χ3n) is 2.56. The van der Waals surface area contributed by atoms with Crippen molar-refractivity contribution in [2.24, 2.45) is 5.11 Å². The normalized spacial score (nSPS) is 10.3. The van der Waals surface area contributed by atoms with E-state index < -0.39 is 52.2 Å². The van der Waals surface area contributed by atoms with E-state index in [1.54, 1.807) is 0 Å². The summed E-state index contributed by atoms with van der Waals surface area (Å²) in [5.41, 5.74) is 4.70. The molecule has 1 heterocycles. The van der Waals surface area contributed by atoms with Crippen LogP contribution in [0.2, 0.25) is 0 Å². The van der Waals surface area contributed by atoms with Crippen molar-refractivity contribution in [3.8, 4) is 11.8 Å². The molecule has 0 radical (unpaired) electrons. The fourth-order valence-corrected chi connectivity index (χ4v) is 1.56. The van der Waals surface area contributed by atoms with Crippen molar-refractivity contribution in [2.75, 3.05) is 0 Å². The van der Waals surface area contributed by atoms with Gasteiger partial charge in [-0.1, -0.05) is 5.11 Å². The SMILES string of the molecule is [N-]=[N+]=Nc1c(F)c(F)c(C(=O)On2c(O)ccc2O)c(F)c1F. The summed E-state index contributed by atoms with van der Waals surface area (Å²) in [4.78, 5) is 17.9. The Balaban J connectivity index is 2.56. The van der Waals surface area contributed by atoms with Crippen LogP contribution in [0, 0.1) is 23.3 Å². The minimum atomic E-state index is -2.18.